The molecule has 3 fully saturated rings. The lowest BCUT2D eigenvalue weighted by Gasteiger charge is -2.63. The third-order valence-corrected chi connectivity index (χ3v) is 5.98. The Bertz CT molecular complexity index is 519. The maximum absolute atomic E-state index is 12.5. The average Bonchev–Trinajstić information content (AvgIpc) is 3.28. The van der Waals surface area contributed by atoms with Crippen LogP contribution in [0.25, 0.3) is 0 Å². The van der Waals surface area contributed by atoms with Gasteiger partial charge in [-0.2, -0.15) is 10.2 Å². The van der Waals surface area contributed by atoms with Crippen molar-refractivity contribution in [3.05, 3.63) is 0 Å². The zero-order valence-electron chi connectivity index (χ0n) is 12.6. The molecule has 0 aromatic heterocycles. The minimum atomic E-state index is -0.309. The summed E-state index contributed by atoms with van der Waals surface area (Å²) >= 11 is 0. The van der Waals surface area contributed by atoms with E-state index in [2.05, 4.69) is 21.0 Å². The van der Waals surface area contributed by atoms with Crippen LogP contribution in [0.5, 0.6) is 0 Å². The molecule has 1 amide bonds. The van der Waals surface area contributed by atoms with Crippen LogP contribution in [0.15, 0.2) is 10.2 Å². The molecule has 1 atom stereocenters. The van der Waals surface area contributed by atoms with E-state index < -0.39 is 0 Å². The lowest BCUT2D eigenvalue weighted by Crippen LogP contribution is -2.69. The van der Waals surface area contributed by atoms with Gasteiger partial charge in [0.1, 0.15) is 0 Å². The van der Waals surface area contributed by atoms with E-state index in [-0.39, 0.29) is 5.66 Å². The van der Waals surface area contributed by atoms with Gasteiger partial charge in [-0.3, -0.25) is 4.79 Å². The van der Waals surface area contributed by atoms with Crippen molar-refractivity contribution < 1.29 is 4.79 Å². The number of rotatable bonds is 6. The zero-order valence-corrected chi connectivity index (χ0v) is 12.6. The number of hydrogen-bond donors (Lipinski definition) is 0. The van der Waals surface area contributed by atoms with Gasteiger partial charge in [-0.15, -0.1) is 12.3 Å². The SMILES string of the molecule is C#CCCC1(CCC(=O)N2CC3(CCC3)C2C2CC2)N=N1. The van der Waals surface area contributed by atoms with E-state index in [1.54, 1.807) is 0 Å². The molecule has 0 radical (unpaired) electrons. The summed E-state index contributed by atoms with van der Waals surface area (Å²) in [6.45, 7) is 1.01. The maximum Gasteiger partial charge on any atom is 0.223 e. The van der Waals surface area contributed by atoms with Gasteiger partial charge in [-0.05, 0) is 31.6 Å². The number of hydrogen-bond acceptors (Lipinski definition) is 3. The average molecular weight is 285 g/mol. The zero-order chi connectivity index (χ0) is 14.5. The van der Waals surface area contributed by atoms with Gasteiger partial charge in [0.05, 0.1) is 0 Å². The molecule has 2 aliphatic heterocycles. The summed E-state index contributed by atoms with van der Waals surface area (Å²) < 4.78 is 0. The third-order valence-electron chi connectivity index (χ3n) is 5.98. The van der Waals surface area contributed by atoms with Gasteiger partial charge in [0.25, 0.3) is 0 Å². The van der Waals surface area contributed by atoms with Gasteiger partial charge in [0.15, 0.2) is 5.66 Å². The molecule has 21 heavy (non-hydrogen) atoms. The summed E-state index contributed by atoms with van der Waals surface area (Å²) in [6.07, 6.45) is 14.8. The highest BCUT2D eigenvalue weighted by Crippen LogP contribution is 2.59. The summed E-state index contributed by atoms with van der Waals surface area (Å²) in [4.78, 5) is 14.7. The molecule has 2 saturated carbocycles. The molecule has 0 aromatic rings. The summed E-state index contributed by atoms with van der Waals surface area (Å²) in [6, 6.07) is 0.563. The van der Waals surface area contributed by atoms with Crippen LogP contribution >= 0.6 is 0 Å². The normalized spacial score (nSPS) is 30.4. The van der Waals surface area contributed by atoms with Crippen molar-refractivity contribution in [2.24, 2.45) is 21.6 Å². The monoisotopic (exact) mass is 285 g/mol. The Morgan fingerprint density at radius 3 is 2.57 bits per heavy atom. The lowest BCUT2D eigenvalue weighted by atomic mass is 9.56. The molecule has 4 aliphatic rings. The minimum absolute atomic E-state index is 0.309. The van der Waals surface area contributed by atoms with E-state index in [4.69, 9.17) is 6.42 Å². The van der Waals surface area contributed by atoms with Crippen LogP contribution in [-0.2, 0) is 4.79 Å². The Labute approximate surface area is 126 Å². The molecule has 2 aliphatic carbocycles. The Balaban J connectivity index is 1.31. The Morgan fingerprint density at radius 1 is 1.29 bits per heavy atom. The lowest BCUT2D eigenvalue weighted by molar-refractivity contribution is -0.171. The highest BCUT2D eigenvalue weighted by atomic mass is 16.2. The standard InChI is InChI=1S/C17H23N3O/c1-2-3-10-17(18-19-17)11-7-14(21)20-12-16(8-4-9-16)15(20)13-5-6-13/h1,13,15H,3-12H2. The molecule has 4 nitrogen and oxygen atoms in total. The molecule has 1 unspecified atom stereocenters. The van der Waals surface area contributed by atoms with Crippen LogP contribution in [0.2, 0.25) is 0 Å². The van der Waals surface area contributed by atoms with Crippen LogP contribution in [0, 0.1) is 23.7 Å². The third kappa shape index (κ3) is 2.18. The number of carbonyl (C=O) groups excluding carboxylic acids is 1. The van der Waals surface area contributed by atoms with Gasteiger partial charge in [-0.1, -0.05) is 6.42 Å². The maximum atomic E-state index is 12.5. The first-order chi connectivity index (χ1) is 10.2. The second-order valence-electron chi connectivity index (χ2n) is 7.41. The van der Waals surface area contributed by atoms with Crippen molar-refractivity contribution in [3.8, 4) is 12.3 Å². The molecular formula is C17H23N3O. The molecule has 0 bridgehead atoms. The molecule has 4 heteroatoms. The van der Waals surface area contributed by atoms with Crippen LogP contribution in [-0.4, -0.2) is 29.1 Å². The van der Waals surface area contributed by atoms with Crippen molar-refractivity contribution in [2.75, 3.05) is 6.54 Å². The highest BCUT2D eigenvalue weighted by molar-refractivity contribution is 5.78. The van der Waals surface area contributed by atoms with Gasteiger partial charge in [0, 0.05) is 43.7 Å². The first kappa shape index (κ1) is 13.3. The number of terminal acetylenes is 1. The van der Waals surface area contributed by atoms with Crippen LogP contribution in [0.3, 0.4) is 0 Å². The van der Waals surface area contributed by atoms with E-state index in [1.807, 2.05) is 0 Å². The fourth-order valence-electron chi connectivity index (χ4n) is 4.36. The van der Waals surface area contributed by atoms with Gasteiger partial charge >= 0.3 is 0 Å². The summed E-state index contributed by atoms with van der Waals surface area (Å²) in [7, 11) is 0. The minimum Gasteiger partial charge on any atom is -0.338 e. The quantitative estimate of drug-likeness (QED) is 0.691. The summed E-state index contributed by atoms with van der Waals surface area (Å²) in [5.41, 5.74) is 0.211. The van der Waals surface area contributed by atoms with E-state index in [9.17, 15) is 4.79 Å². The predicted molar refractivity (Wildman–Crippen MR) is 79.4 cm³/mol. The van der Waals surface area contributed by atoms with E-state index in [0.717, 1.165) is 25.3 Å². The number of carbonyl (C=O) groups is 1. The first-order valence-corrected chi connectivity index (χ1v) is 8.35. The van der Waals surface area contributed by atoms with Crippen LogP contribution < -0.4 is 0 Å². The molecule has 112 valence electrons. The van der Waals surface area contributed by atoms with Crippen molar-refractivity contribution in [2.45, 2.75) is 69.5 Å². The second-order valence-corrected chi connectivity index (χ2v) is 7.41. The predicted octanol–water partition coefficient (Wildman–Crippen LogP) is 3.13. The molecule has 1 saturated heterocycles. The number of amides is 1. The fraction of sp³-hybridized carbons (Fsp3) is 0.824. The van der Waals surface area contributed by atoms with Gasteiger partial charge < -0.3 is 4.90 Å². The Hall–Kier alpha value is -1.37. The van der Waals surface area contributed by atoms with Crippen molar-refractivity contribution in [3.63, 3.8) is 0 Å². The van der Waals surface area contributed by atoms with Crippen LogP contribution in [0.1, 0.15) is 57.8 Å². The van der Waals surface area contributed by atoms with E-state index in [1.165, 1.54) is 32.1 Å². The number of nitrogens with zero attached hydrogens (tertiary/aromatic N) is 3. The van der Waals surface area contributed by atoms with Crippen molar-refractivity contribution >= 4 is 5.91 Å². The molecular weight excluding hydrogens is 262 g/mol. The molecule has 4 rings (SSSR count). The van der Waals surface area contributed by atoms with Gasteiger partial charge in [0.2, 0.25) is 5.91 Å². The molecule has 2 heterocycles. The van der Waals surface area contributed by atoms with Crippen molar-refractivity contribution in [1.82, 2.24) is 4.90 Å². The van der Waals surface area contributed by atoms with Crippen molar-refractivity contribution in [1.29, 1.82) is 0 Å². The largest absolute Gasteiger partial charge is 0.338 e. The summed E-state index contributed by atoms with van der Waals surface area (Å²) in [5, 5.41) is 8.26. The van der Waals surface area contributed by atoms with E-state index in [0.29, 0.717) is 30.2 Å². The molecule has 0 N–H and O–H groups in total. The number of likely N-dealkylation sites (tertiary alicyclic amines) is 1. The molecule has 1 spiro atoms. The smallest absolute Gasteiger partial charge is 0.223 e. The summed E-state index contributed by atoms with van der Waals surface area (Å²) in [5.74, 6) is 3.76. The highest BCUT2D eigenvalue weighted by Gasteiger charge is 2.61. The Morgan fingerprint density at radius 2 is 2.05 bits per heavy atom. The Kier molecular flexibility index (Phi) is 2.89. The first-order valence-electron chi connectivity index (χ1n) is 8.35. The second kappa shape index (κ2) is 4.56. The van der Waals surface area contributed by atoms with E-state index >= 15 is 0 Å². The topological polar surface area (TPSA) is 45.0 Å². The van der Waals surface area contributed by atoms with Crippen LogP contribution in [0.4, 0.5) is 0 Å². The van der Waals surface area contributed by atoms with Gasteiger partial charge in [-0.25, -0.2) is 0 Å². The molecule has 0 aromatic carbocycles. The fourth-order valence-corrected chi connectivity index (χ4v) is 4.36.